The molecule has 4 aliphatic rings. The summed E-state index contributed by atoms with van der Waals surface area (Å²) in [6.07, 6.45) is 11.2. The molecule has 0 bridgehead atoms. The zero-order chi connectivity index (χ0) is 26.7. The Morgan fingerprint density at radius 3 is 2.31 bits per heavy atom. The number of ether oxygens (including phenoxy) is 1. The van der Waals surface area contributed by atoms with E-state index in [1.54, 1.807) is 0 Å². The molecule has 10 atom stereocenters. The van der Waals surface area contributed by atoms with E-state index in [4.69, 9.17) is 9.16 Å². The predicted molar refractivity (Wildman–Crippen MR) is 149 cm³/mol. The normalized spacial score (nSPS) is 43.8. The fourth-order valence-corrected chi connectivity index (χ4v) is 10.9. The van der Waals surface area contributed by atoms with Gasteiger partial charge in [-0.2, -0.15) is 0 Å². The van der Waals surface area contributed by atoms with Gasteiger partial charge in [-0.25, -0.2) is 0 Å². The molecule has 0 heterocycles. The van der Waals surface area contributed by atoms with E-state index in [9.17, 15) is 9.90 Å². The van der Waals surface area contributed by atoms with Gasteiger partial charge >= 0.3 is 5.97 Å². The molecule has 4 rings (SSSR count). The van der Waals surface area contributed by atoms with Gasteiger partial charge in [0.15, 0.2) is 8.32 Å². The van der Waals surface area contributed by atoms with E-state index >= 15 is 0 Å². The number of esters is 1. The van der Waals surface area contributed by atoms with E-state index in [0.717, 1.165) is 19.3 Å². The lowest BCUT2D eigenvalue weighted by Gasteiger charge is -2.63. The van der Waals surface area contributed by atoms with E-state index in [1.807, 2.05) is 0 Å². The summed E-state index contributed by atoms with van der Waals surface area (Å²) in [6.45, 7) is 19.3. The van der Waals surface area contributed by atoms with Gasteiger partial charge in [0.1, 0.15) is 0 Å². The van der Waals surface area contributed by atoms with Crippen LogP contribution in [-0.2, 0) is 14.0 Å². The number of aliphatic hydroxyl groups is 1. The Morgan fingerprint density at radius 2 is 1.67 bits per heavy atom. The molecule has 4 aliphatic carbocycles. The number of hydrogen-bond acceptors (Lipinski definition) is 4. The summed E-state index contributed by atoms with van der Waals surface area (Å²) < 4.78 is 11.8. The topological polar surface area (TPSA) is 55.8 Å². The Morgan fingerprint density at radius 1 is 1.03 bits per heavy atom. The highest BCUT2D eigenvalue weighted by Gasteiger charge is 2.63. The average molecular weight is 521 g/mol. The summed E-state index contributed by atoms with van der Waals surface area (Å²) in [5.41, 5.74) is 0.636. The molecular formula is C31H56O4Si. The molecule has 0 radical (unpaired) electrons. The van der Waals surface area contributed by atoms with Crippen LogP contribution in [0, 0.1) is 46.3 Å². The van der Waals surface area contributed by atoms with Crippen molar-refractivity contribution in [2.75, 3.05) is 7.11 Å². The van der Waals surface area contributed by atoms with Crippen molar-refractivity contribution in [3.63, 3.8) is 0 Å². The Balaban J connectivity index is 1.47. The highest BCUT2D eigenvalue weighted by Crippen LogP contribution is 2.68. The zero-order valence-corrected chi connectivity index (χ0v) is 25.9. The number of carbonyl (C=O) groups is 1. The third-order valence-electron chi connectivity index (χ3n) is 12.7. The van der Waals surface area contributed by atoms with Crippen LogP contribution in [0.1, 0.15) is 106 Å². The number of fused-ring (bicyclic) bond motifs is 5. The smallest absolute Gasteiger partial charge is 0.305 e. The molecule has 4 nitrogen and oxygen atoms in total. The van der Waals surface area contributed by atoms with E-state index in [2.05, 4.69) is 54.6 Å². The van der Waals surface area contributed by atoms with Crippen LogP contribution in [0.15, 0.2) is 0 Å². The van der Waals surface area contributed by atoms with Crippen molar-refractivity contribution in [2.24, 2.45) is 46.3 Å². The number of hydrogen-bond donors (Lipinski definition) is 1. The van der Waals surface area contributed by atoms with Crippen LogP contribution in [0.3, 0.4) is 0 Å². The van der Waals surface area contributed by atoms with E-state index < -0.39 is 8.32 Å². The minimum Gasteiger partial charge on any atom is -0.469 e. The standard InChI is InChI=1S/C31H56O4Si/c1-20(10-13-27(33)34-7)23-11-12-24-28-25(15-17-31(23,24)6)30(5)16-14-22(18-21(30)19-26(28)32)35-36(8,9)29(2,3)4/h20-26,28,32H,10-19H2,1-9H3/t20-,21-,22+,23+,24-,25-,26+,28-,30-,31+/m0/s1. The van der Waals surface area contributed by atoms with Crippen molar-refractivity contribution in [3.05, 3.63) is 0 Å². The lowest BCUT2D eigenvalue weighted by atomic mass is 9.43. The maximum Gasteiger partial charge on any atom is 0.305 e. The van der Waals surface area contributed by atoms with Crippen LogP contribution < -0.4 is 0 Å². The highest BCUT2D eigenvalue weighted by atomic mass is 28.4. The summed E-state index contributed by atoms with van der Waals surface area (Å²) in [7, 11) is -0.286. The highest BCUT2D eigenvalue weighted by molar-refractivity contribution is 6.74. The maximum absolute atomic E-state index is 11.8. The van der Waals surface area contributed by atoms with Gasteiger partial charge in [0.25, 0.3) is 0 Å². The Hall–Kier alpha value is -0.393. The molecule has 0 aromatic heterocycles. The summed E-state index contributed by atoms with van der Waals surface area (Å²) in [5, 5.41) is 11.9. The van der Waals surface area contributed by atoms with Gasteiger partial charge in [-0.15, -0.1) is 0 Å². The van der Waals surface area contributed by atoms with Crippen LogP contribution in [0.25, 0.3) is 0 Å². The van der Waals surface area contributed by atoms with Gasteiger partial charge in [0, 0.05) is 12.5 Å². The molecule has 4 fully saturated rings. The van der Waals surface area contributed by atoms with Gasteiger partial charge in [0.05, 0.1) is 13.2 Å². The van der Waals surface area contributed by atoms with E-state index in [0.29, 0.717) is 58.9 Å². The van der Waals surface area contributed by atoms with Gasteiger partial charge in [-0.05, 0) is 122 Å². The molecule has 36 heavy (non-hydrogen) atoms. The second-order valence-electron chi connectivity index (χ2n) is 15.4. The van der Waals surface area contributed by atoms with Gasteiger partial charge in [0.2, 0.25) is 0 Å². The van der Waals surface area contributed by atoms with Crippen molar-refractivity contribution in [1.29, 1.82) is 0 Å². The first-order valence-corrected chi connectivity index (χ1v) is 18.0. The first-order chi connectivity index (χ1) is 16.6. The molecule has 0 aromatic rings. The molecule has 0 amide bonds. The monoisotopic (exact) mass is 520 g/mol. The molecule has 0 saturated heterocycles. The van der Waals surface area contributed by atoms with Gasteiger partial charge in [-0.1, -0.05) is 41.5 Å². The summed E-state index contributed by atoms with van der Waals surface area (Å²) >= 11 is 0. The Kier molecular flexibility index (Phi) is 7.93. The predicted octanol–water partition coefficient (Wildman–Crippen LogP) is 7.60. The summed E-state index contributed by atoms with van der Waals surface area (Å²) in [4.78, 5) is 11.8. The Labute approximate surface area is 222 Å². The van der Waals surface area contributed by atoms with Crippen LogP contribution in [0.4, 0.5) is 0 Å². The molecule has 5 heteroatoms. The molecule has 0 aromatic carbocycles. The second-order valence-corrected chi connectivity index (χ2v) is 20.1. The van der Waals surface area contributed by atoms with Crippen LogP contribution in [0.2, 0.25) is 18.1 Å². The first kappa shape index (κ1) is 28.6. The van der Waals surface area contributed by atoms with Crippen molar-refractivity contribution < 1.29 is 19.1 Å². The SMILES string of the molecule is COC(=O)CC[C@H](C)[C@H]1CC[C@H]2[C@@H]3[C@H](O)C[C@@H]4C[C@H](O[Si](C)(C)C(C)(C)C)CC[C@]4(C)[C@H]3CC[C@]12C. The maximum atomic E-state index is 11.8. The second kappa shape index (κ2) is 9.97. The minimum absolute atomic E-state index is 0.0833. The van der Waals surface area contributed by atoms with Crippen LogP contribution in [0.5, 0.6) is 0 Å². The fraction of sp³-hybridized carbons (Fsp3) is 0.968. The van der Waals surface area contributed by atoms with Gasteiger partial charge < -0.3 is 14.3 Å². The van der Waals surface area contributed by atoms with Crippen molar-refractivity contribution in [1.82, 2.24) is 0 Å². The van der Waals surface area contributed by atoms with Crippen molar-refractivity contribution in [3.8, 4) is 0 Å². The van der Waals surface area contributed by atoms with E-state index in [1.165, 1.54) is 45.6 Å². The third kappa shape index (κ3) is 4.88. The number of methoxy groups -OCH3 is 1. The molecule has 208 valence electrons. The lowest BCUT2D eigenvalue weighted by Crippen LogP contribution is -2.59. The quantitative estimate of drug-likeness (QED) is 0.289. The Bertz CT molecular complexity index is 805. The largest absolute Gasteiger partial charge is 0.469 e. The third-order valence-corrected chi connectivity index (χ3v) is 17.2. The molecule has 4 saturated carbocycles. The fourth-order valence-electron chi connectivity index (χ4n) is 9.51. The first-order valence-electron chi connectivity index (χ1n) is 15.1. The molecule has 0 unspecified atom stereocenters. The number of rotatable bonds is 6. The zero-order valence-electron chi connectivity index (χ0n) is 24.9. The van der Waals surface area contributed by atoms with E-state index in [-0.39, 0.29) is 17.1 Å². The van der Waals surface area contributed by atoms with Crippen molar-refractivity contribution >= 4 is 14.3 Å². The van der Waals surface area contributed by atoms with Crippen LogP contribution in [-0.4, -0.2) is 38.7 Å². The number of aliphatic hydroxyl groups excluding tert-OH is 1. The summed E-state index contributed by atoms with van der Waals surface area (Å²) in [5.74, 6) is 3.39. The summed E-state index contributed by atoms with van der Waals surface area (Å²) in [6, 6.07) is 0. The minimum atomic E-state index is -1.78. The van der Waals surface area contributed by atoms with Crippen molar-refractivity contribution in [2.45, 2.75) is 136 Å². The molecular weight excluding hydrogens is 464 g/mol. The van der Waals surface area contributed by atoms with Crippen LogP contribution >= 0.6 is 0 Å². The molecule has 1 N–H and O–H groups in total. The average Bonchev–Trinajstić information content (AvgIpc) is 3.14. The lowest BCUT2D eigenvalue weighted by molar-refractivity contribution is -0.173. The number of carbonyl (C=O) groups excluding carboxylic acids is 1. The molecule has 0 aliphatic heterocycles. The molecule has 0 spiro atoms. The van der Waals surface area contributed by atoms with Gasteiger partial charge in [-0.3, -0.25) is 4.79 Å².